The summed E-state index contributed by atoms with van der Waals surface area (Å²) in [5.41, 5.74) is 0.0699. The van der Waals surface area contributed by atoms with Crippen molar-refractivity contribution in [3.63, 3.8) is 0 Å². The number of hydrogen-bond donors (Lipinski definition) is 3. The Kier molecular flexibility index (Phi) is 6.50. The number of aryl methyl sites for hydroxylation is 1. The summed E-state index contributed by atoms with van der Waals surface area (Å²) in [7, 11) is 1.70. The van der Waals surface area contributed by atoms with Crippen molar-refractivity contribution in [1.82, 2.24) is 9.97 Å². The van der Waals surface area contributed by atoms with Gasteiger partial charge in [0.25, 0.3) is 0 Å². The molecule has 11 heteroatoms. The lowest BCUT2D eigenvalue weighted by Gasteiger charge is -2.14. The van der Waals surface area contributed by atoms with Crippen LogP contribution in [0.2, 0.25) is 5.02 Å². The van der Waals surface area contributed by atoms with E-state index < -0.39 is 17.8 Å². The van der Waals surface area contributed by atoms with Gasteiger partial charge in [0.05, 0.1) is 10.6 Å². The van der Waals surface area contributed by atoms with Crippen LogP contribution in [-0.2, 0) is 6.18 Å². The van der Waals surface area contributed by atoms with Crippen molar-refractivity contribution >= 4 is 34.8 Å². The predicted octanol–water partition coefficient (Wildman–Crippen LogP) is 5.94. The molecule has 2 amide bonds. The summed E-state index contributed by atoms with van der Waals surface area (Å²) in [5.74, 6) is 1.17. The number of halogens is 4. The second kappa shape index (κ2) is 9.09. The number of ether oxygens (including phenoxy) is 1. The van der Waals surface area contributed by atoms with Crippen molar-refractivity contribution in [2.75, 3.05) is 23.0 Å². The minimum Gasteiger partial charge on any atom is -0.437 e. The highest BCUT2D eigenvalue weighted by molar-refractivity contribution is 6.32. The van der Waals surface area contributed by atoms with Gasteiger partial charge in [-0.3, -0.25) is 0 Å². The topological polar surface area (TPSA) is 88.2 Å². The van der Waals surface area contributed by atoms with Gasteiger partial charge in [-0.2, -0.15) is 13.2 Å². The number of nitrogens with zero attached hydrogens (tertiary/aromatic N) is 2. The number of carbonyl (C=O) groups excluding carboxylic acids is 1. The van der Waals surface area contributed by atoms with Crippen molar-refractivity contribution in [3.05, 3.63) is 64.9 Å². The van der Waals surface area contributed by atoms with Gasteiger partial charge in [0.2, 0.25) is 5.88 Å². The van der Waals surface area contributed by atoms with Crippen LogP contribution in [0, 0.1) is 6.92 Å². The Morgan fingerprint density at radius 3 is 2.48 bits per heavy atom. The average molecular weight is 452 g/mol. The number of amides is 2. The maximum atomic E-state index is 12.8. The van der Waals surface area contributed by atoms with E-state index in [1.807, 2.05) is 0 Å². The normalized spacial score (nSPS) is 11.0. The summed E-state index contributed by atoms with van der Waals surface area (Å²) < 4.78 is 44.2. The van der Waals surface area contributed by atoms with Crippen molar-refractivity contribution < 1.29 is 22.7 Å². The SMILES string of the molecule is CNc1cc(Oc2c(C)cc(NC(=O)Nc3cccc(C(F)(F)F)c3)cc2Cl)ncn1. The zero-order valence-corrected chi connectivity index (χ0v) is 17.1. The number of alkyl halides is 3. The smallest absolute Gasteiger partial charge is 0.416 e. The van der Waals surface area contributed by atoms with Crippen molar-refractivity contribution in [2.45, 2.75) is 13.1 Å². The van der Waals surface area contributed by atoms with Gasteiger partial charge < -0.3 is 20.7 Å². The summed E-state index contributed by atoms with van der Waals surface area (Å²) in [6, 6.07) is 8.24. The molecule has 0 fully saturated rings. The molecular formula is C20H17ClF3N5O2. The monoisotopic (exact) mass is 451 g/mol. The second-order valence-corrected chi connectivity index (χ2v) is 6.76. The van der Waals surface area contributed by atoms with Gasteiger partial charge in [0, 0.05) is 24.5 Å². The van der Waals surface area contributed by atoms with E-state index in [4.69, 9.17) is 16.3 Å². The Hall–Kier alpha value is -3.53. The molecule has 162 valence electrons. The number of nitrogens with one attached hydrogen (secondary N) is 3. The number of carbonyl (C=O) groups is 1. The van der Waals surface area contributed by atoms with Crippen molar-refractivity contribution in [2.24, 2.45) is 0 Å². The van der Waals surface area contributed by atoms with Crippen molar-refractivity contribution in [3.8, 4) is 11.6 Å². The molecule has 3 aromatic rings. The third-order valence-electron chi connectivity index (χ3n) is 4.04. The Balaban J connectivity index is 1.72. The van der Waals surface area contributed by atoms with E-state index in [0.29, 0.717) is 22.8 Å². The molecule has 1 aromatic heterocycles. The molecular weight excluding hydrogens is 435 g/mol. The van der Waals surface area contributed by atoms with Crippen molar-refractivity contribution in [1.29, 1.82) is 0 Å². The second-order valence-electron chi connectivity index (χ2n) is 6.36. The van der Waals surface area contributed by atoms with E-state index in [2.05, 4.69) is 25.9 Å². The van der Waals surface area contributed by atoms with Crippen LogP contribution in [-0.4, -0.2) is 23.0 Å². The van der Waals surface area contributed by atoms with E-state index >= 15 is 0 Å². The highest BCUT2D eigenvalue weighted by atomic mass is 35.5. The summed E-state index contributed by atoms with van der Waals surface area (Å²) in [6.45, 7) is 1.72. The fourth-order valence-electron chi connectivity index (χ4n) is 2.64. The first-order valence-corrected chi connectivity index (χ1v) is 9.26. The predicted molar refractivity (Wildman–Crippen MR) is 112 cm³/mol. The van der Waals surface area contributed by atoms with Crippen LogP contribution < -0.4 is 20.7 Å². The van der Waals surface area contributed by atoms with E-state index in [1.165, 1.54) is 24.5 Å². The number of urea groups is 1. The van der Waals surface area contributed by atoms with Gasteiger partial charge in [-0.15, -0.1) is 0 Å². The maximum absolute atomic E-state index is 12.8. The van der Waals surface area contributed by atoms with Crippen LogP contribution in [0.3, 0.4) is 0 Å². The first-order chi connectivity index (χ1) is 14.7. The molecule has 0 saturated heterocycles. The molecule has 0 aliphatic heterocycles. The zero-order chi connectivity index (χ0) is 22.6. The number of rotatable bonds is 5. The Morgan fingerprint density at radius 2 is 1.81 bits per heavy atom. The number of benzene rings is 2. The standard InChI is InChI=1S/C20H17ClF3N5O2/c1-11-6-14(8-15(21)18(11)31-17-9-16(25-2)26-10-27-17)29-19(30)28-13-5-3-4-12(7-13)20(22,23)24/h3-10H,1-2H3,(H,25,26,27)(H2,28,29,30). The molecule has 0 unspecified atom stereocenters. The molecule has 3 N–H and O–H groups in total. The summed E-state index contributed by atoms with van der Waals surface area (Å²) in [4.78, 5) is 20.2. The van der Waals surface area contributed by atoms with Gasteiger partial charge in [-0.1, -0.05) is 17.7 Å². The van der Waals surface area contributed by atoms with Gasteiger partial charge in [0.1, 0.15) is 12.1 Å². The lowest BCUT2D eigenvalue weighted by atomic mass is 10.2. The van der Waals surface area contributed by atoms with Crippen LogP contribution in [0.15, 0.2) is 48.8 Å². The fourth-order valence-corrected chi connectivity index (χ4v) is 2.94. The molecule has 0 aliphatic carbocycles. The molecule has 0 radical (unpaired) electrons. The molecule has 0 aliphatic rings. The zero-order valence-electron chi connectivity index (χ0n) is 16.3. The quantitative estimate of drug-likeness (QED) is 0.447. The third-order valence-corrected chi connectivity index (χ3v) is 4.32. The van der Waals surface area contributed by atoms with Crippen LogP contribution in [0.4, 0.5) is 35.2 Å². The van der Waals surface area contributed by atoms with Crippen LogP contribution in [0.1, 0.15) is 11.1 Å². The molecule has 3 rings (SSSR count). The molecule has 1 heterocycles. The van der Waals surface area contributed by atoms with Gasteiger partial charge in [0.15, 0.2) is 5.75 Å². The fraction of sp³-hybridized carbons (Fsp3) is 0.150. The molecule has 2 aromatic carbocycles. The first kappa shape index (κ1) is 22.2. The largest absolute Gasteiger partial charge is 0.437 e. The van der Waals surface area contributed by atoms with Crippen LogP contribution in [0.25, 0.3) is 0 Å². The van der Waals surface area contributed by atoms with E-state index in [-0.39, 0.29) is 16.6 Å². The van der Waals surface area contributed by atoms with Crippen LogP contribution in [0.5, 0.6) is 11.6 Å². The van der Waals surface area contributed by atoms with Gasteiger partial charge >= 0.3 is 12.2 Å². The summed E-state index contributed by atoms with van der Waals surface area (Å²) in [6.07, 6.45) is -3.18. The minimum atomic E-state index is -4.51. The number of aromatic nitrogens is 2. The molecule has 0 saturated carbocycles. The van der Waals surface area contributed by atoms with E-state index in [1.54, 1.807) is 26.1 Å². The lowest BCUT2D eigenvalue weighted by Crippen LogP contribution is -2.20. The Bertz CT molecular complexity index is 1090. The van der Waals surface area contributed by atoms with Gasteiger partial charge in [-0.25, -0.2) is 14.8 Å². The third kappa shape index (κ3) is 5.76. The molecule has 0 spiro atoms. The lowest BCUT2D eigenvalue weighted by molar-refractivity contribution is -0.137. The average Bonchev–Trinajstić information content (AvgIpc) is 2.70. The Labute approximate surface area is 180 Å². The number of hydrogen-bond acceptors (Lipinski definition) is 5. The summed E-state index contributed by atoms with van der Waals surface area (Å²) >= 11 is 6.29. The van der Waals surface area contributed by atoms with E-state index in [0.717, 1.165) is 12.1 Å². The summed E-state index contributed by atoms with van der Waals surface area (Å²) in [5, 5.41) is 7.96. The van der Waals surface area contributed by atoms with E-state index in [9.17, 15) is 18.0 Å². The highest BCUT2D eigenvalue weighted by Gasteiger charge is 2.30. The molecule has 0 bridgehead atoms. The molecule has 7 nitrogen and oxygen atoms in total. The maximum Gasteiger partial charge on any atom is 0.416 e. The number of anilines is 3. The molecule has 0 atom stereocenters. The molecule has 31 heavy (non-hydrogen) atoms. The Morgan fingerprint density at radius 1 is 1.06 bits per heavy atom. The highest BCUT2D eigenvalue weighted by Crippen LogP contribution is 2.35. The minimum absolute atomic E-state index is 0.000744. The van der Waals surface area contributed by atoms with Gasteiger partial charge in [-0.05, 0) is 42.8 Å². The van der Waals surface area contributed by atoms with Crippen LogP contribution >= 0.6 is 11.6 Å². The first-order valence-electron chi connectivity index (χ1n) is 8.89.